The summed E-state index contributed by atoms with van der Waals surface area (Å²) in [4.78, 5) is 31.1. The number of nitrogens with zero attached hydrogens (tertiary/aromatic N) is 2. The number of halogens is 3. The first kappa shape index (κ1) is 23.5. The van der Waals surface area contributed by atoms with Crippen molar-refractivity contribution >= 4 is 34.1 Å². The molecule has 9 heteroatoms. The van der Waals surface area contributed by atoms with Crippen LogP contribution in [0.25, 0.3) is 10.8 Å². The molecule has 1 aliphatic rings. The third-order valence-electron chi connectivity index (χ3n) is 6.03. The molecule has 2 N–H and O–H groups in total. The summed E-state index contributed by atoms with van der Waals surface area (Å²) in [5.41, 5.74) is -0.136. The number of fused-ring (bicyclic) bond motifs is 1. The summed E-state index contributed by atoms with van der Waals surface area (Å²) in [5, 5.41) is 7.69. The summed E-state index contributed by atoms with van der Waals surface area (Å²) in [6.07, 6.45) is -2.56. The fourth-order valence-electron chi connectivity index (χ4n) is 4.03. The van der Waals surface area contributed by atoms with Crippen molar-refractivity contribution in [2.75, 3.05) is 23.3 Å². The number of carbonyl (C=O) groups excluding carboxylic acids is 2. The second-order valence-corrected chi connectivity index (χ2v) is 8.45. The fourth-order valence-corrected chi connectivity index (χ4v) is 4.03. The number of pyridine rings is 1. The van der Waals surface area contributed by atoms with Gasteiger partial charge in [0.05, 0.1) is 5.56 Å². The van der Waals surface area contributed by atoms with Gasteiger partial charge >= 0.3 is 6.18 Å². The fraction of sp³-hybridized carbons (Fsp3) is 0.320. The molecule has 0 aliphatic carbocycles. The average Bonchev–Trinajstić information content (AvgIpc) is 2.83. The second-order valence-electron chi connectivity index (χ2n) is 8.45. The Kier molecular flexibility index (Phi) is 6.72. The number of alkyl halides is 3. The topological polar surface area (TPSA) is 74.3 Å². The Morgan fingerprint density at radius 2 is 1.74 bits per heavy atom. The van der Waals surface area contributed by atoms with E-state index in [1.54, 1.807) is 6.92 Å². The standard InChI is InChI=1S/C25H25F3N4O2/c1-16(23(33)31-21-8-6-17-4-2-3-5-19(17)14-21)30-24(34)18-10-12-32(13-11-18)22-9-7-20(15-29-22)25(26,27)28/h2-9,14-16,18H,10-13H2,1H3,(H,30,34)(H,31,33). The smallest absolute Gasteiger partial charge is 0.357 e. The molecular weight excluding hydrogens is 445 g/mol. The first-order valence-electron chi connectivity index (χ1n) is 11.1. The lowest BCUT2D eigenvalue weighted by Gasteiger charge is -2.32. The SMILES string of the molecule is CC(NC(=O)C1CCN(c2ccc(C(F)(F)F)cn2)CC1)C(=O)Nc1ccc2ccccc2c1. The quantitative estimate of drug-likeness (QED) is 0.571. The van der Waals surface area contributed by atoms with Crippen LogP contribution in [-0.2, 0) is 15.8 Å². The predicted octanol–water partition coefficient (Wildman–Crippen LogP) is 4.61. The van der Waals surface area contributed by atoms with Crippen LogP contribution in [0.3, 0.4) is 0 Å². The number of amides is 2. The third kappa shape index (κ3) is 5.47. The van der Waals surface area contributed by atoms with Crippen molar-refractivity contribution in [1.29, 1.82) is 0 Å². The minimum Gasteiger partial charge on any atom is -0.357 e. The molecule has 4 rings (SSSR count). The van der Waals surface area contributed by atoms with Gasteiger partial charge in [-0.25, -0.2) is 4.98 Å². The lowest BCUT2D eigenvalue weighted by molar-refractivity contribution is -0.137. The van der Waals surface area contributed by atoms with Gasteiger partial charge in [0.1, 0.15) is 11.9 Å². The summed E-state index contributed by atoms with van der Waals surface area (Å²) in [5.74, 6) is -0.340. The highest BCUT2D eigenvalue weighted by Gasteiger charge is 2.32. The van der Waals surface area contributed by atoms with Crippen molar-refractivity contribution in [3.63, 3.8) is 0 Å². The number of piperidine rings is 1. The molecule has 1 fully saturated rings. The molecule has 2 aromatic carbocycles. The lowest BCUT2D eigenvalue weighted by Crippen LogP contribution is -2.47. The molecule has 0 saturated carbocycles. The van der Waals surface area contributed by atoms with Crippen LogP contribution in [0.2, 0.25) is 0 Å². The number of rotatable bonds is 5. The Bertz CT molecular complexity index is 1170. The molecule has 178 valence electrons. The van der Waals surface area contributed by atoms with Gasteiger partial charge in [0.15, 0.2) is 0 Å². The molecule has 0 radical (unpaired) electrons. The van der Waals surface area contributed by atoms with Crippen LogP contribution in [0, 0.1) is 5.92 Å². The Morgan fingerprint density at radius 1 is 1.03 bits per heavy atom. The van der Waals surface area contributed by atoms with E-state index in [0.29, 0.717) is 37.4 Å². The van der Waals surface area contributed by atoms with Crippen LogP contribution in [0.15, 0.2) is 60.8 Å². The van der Waals surface area contributed by atoms with E-state index in [-0.39, 0.29) is 17.7 Å². The van der Waals surface area contributed by atoms with E-state index in [2.05, 4.69) is 15.6 Å². The van der Waals surface area contributed by atoms with Gasteiger partial charge in [-0.15, -0.1) is 0 Å². The normalized spacial score (nSPS) is 15.7. The number of aromatic nitrogens is 1. The zero-order valence-corrected chi connectivity index (χ0v) is 18.6. The van der Waals surface area contributed by atoms with E-state index >= 15 is 0 Å². The molecular formula is C25H25F3N4O2. The van der Waals surface area contributed by atoms with Crippen LogP contribution in [-0.4, -0.2) is 35.9 Å². The van der Waals surface area contributed by atoms with Gasteiger partial charge in [-0.1, -0.05) is 30.3 Å². The number of carbonyl (C=O) groups is 2. The van der Waals surface area contributed by atoms with Gasteiger partial charge in [0.2, 0.25) is 11.8 Å². The Hall–Kier alpha value is -3.62. The van der Waals surface area contributed by atoms with Crippen molar-refractivity contribution in [1.82, 2.24) is 10.3 Å². The number of hydrogen-bond acceptors (Lipinski definition) is 4. The predicted molar refractivity (Wildman–Crippen MR) is 124 cm³/mol. The van der Waals surface area contributed by atoms with Crippen molar-refractivity contribution in [2.24, 2.45) is 5.92 Å². The molecule has 1 aromatic heterocycles. The summed E-state index contributed by atoms with van der Waals surface area (Å²) in [6.45, 7) is 2.62. The summed E-state index contributed by atoms with van der Waals surface area (Å²) in [7, 11) is 0. The molecule has 1 saturated heterocycles. The van der Waals surface area contributed by atoms with Gasteiger partial charge in [-0.05, 0) is 54.8 Å². The summed E-state index contributed by atoms with van der Waals surface area (Å²) in [6, 6.07) is 15.1. The average molecular weight is 470 g/mol. The molecule has 3 aromatic rings. The van der Waals surface area contributed by atoms with Crippen LogP contribution >= 0.6 is 0 Å². The Labute approximate surface area is 195 Å². The number of anilines is 2. The van der Waals surface area contributed by atoms with E-state index in [1.165, 1.54) is 6.07 Å². The first-order valence-corrected chi connectivity index (χ1v) is 11.1. The first-order chi connectivity index (χ1) is 16.2. The van der Waals surface area contributed by atoms with Crippen LogP contribution < -0.4 is 15.5 Å². The van der Waals surface area contributed by atoms with Gasteiger partial charge < -0.3 is 15.5 Å². The Balaban J connectivity index is 1.27. The van der Waals surface area contributed by atoms with Gasteiger partial charge in [0.25, 0.3) is 0 Å². The summed E-state index contributed by atoms with van der Waals surface area (Å²) >= 11 is 0. The van der Waals surface area contributed by atoms with Crippen LogP contribution in [0.5, 0.6) is 0 Å². The van der Waals surface area contributed by atoms with E-state index in [0.717, 1.165) is 23.0 Å². The number of hydrogen-bond donors (Lipinski definition) is 2. The molecule has 0 bridgehead atoms. The molecule has 1 aliphatic heterocycles. The van der Waals surface area contributed by atoms with Crippen molar-refractivity contribution in [3.05, 3.63) is 66.4 Å². The van der Waals surface area contributed by atoms with Crippen molar-refractivity contribution < 1.29 is 22.8 Å². The minimum absolute atomic E-state index is 0.207. The number of benzene rings is 2. The van der Waals surface area contributed by atoms with E-state index in [1.807, 2.05) is 47.4 Å². The maximum Gasteiger partial charge on any atom is 0.417 e. The van der Waals surface area contributed by atoms with Gasteiger partial charge in [-0.3, -0.25) is 9.59 Å². The maximum absolute atomic E-state index is 12.7. The molecule has 2 heterocycles. The largest absolute Gasteiger partial charge is 0.417 e. The molecule has 0 spiro atoms. The number of nitrogens with one attached hydrogen (secondary N) is 2. The summed E-state index contributed by atoms with van der Waals surface area (Å²) < 4.78 is 38.2. The Morgan fingerprint density at radius 3 is 2.38 bits per heavy atom. The highest BCUT2D eigenvalue weighted by molar-refractivity contribution is 5.99. The zero-order chi connectivity index (χ0) is 24.3. The van der Waals surface area contributed by atoms with Crippen molar-refractivity contribution in [3.8, 4) is 0 Å². The molecule has 1 atom stereocenters. The lowest BCUT2D eigenvalue weighted by atomic mass is 9.95. The van der Waals surface area contributed by atoms with E-state index < -0.39 is 17.8 Å². The highest BCUT2D eigenvalue weighted by atomic mass is 19.4. The molecule has 1 unspecified atom stereocenters. The second kappa shape index (κ2) is 9.70. The van der Waals surface area contributed by atoms with Gasteiger partial charge in [-0.2, -0.15) is 13.2 Å². The van der Waals surface area contributed by atoms with Gasteiger partial charge in [0, 0.05) is 30.9 Å². The minimum atomic E-state index is -4.42. The maximum atomic E-state index is 12.7. The van der Waals surface area contributed by atoms with Crippen LogP contribution in [0.1, 0.15) is 25.3 Å². The van der Waals surface area contributed by atoms with E-state index in [4.69, 9.17) is 0 Å². The monoisotopic (exact) mass is 470 g/mol. The molecule has 2 amide bonds. The van der Waals surface area contributed by atoms with Crippen LogP contribution in [0.4, 0.5) is 24.7 Å². The van der Waals surface area contributed by atoms with E-state index in [9.17, 15) is 22.8 Å². The molecule has 6 nitrogen and oxygen atoms in total. The van der Waals surface area contributed by atoms with Crippen molar-refractivity contribution in [2.45, 2.75) is 32.0 Å². The zero-order valence-electron chi connectivity index (χ0n) is 18.6. The highest BCUT2D eigenvalue weighted by Crippen LogP contribution is 2.30. The third-order valence-corrected chi connectivity index (χ3v) is 6.03. The molecule has 34 heavy (non-hydrogen) atoms.